The topological polar surface area (TPSA) is 62.9 Å². The summed E-state index contributed by atoms with van der Waals surface area (Å²) in [4.78, 5) is 6.16. The lowest BCUT2D eigenvalue weighted by Gasteiger charge is -2.22. The molecule has 0 bridgehead atoms. The number of aliphatic imine (C=N–C) groups is 1. The standard InChI is InChI=1S/C11H16N4O/c1-13-11(14-12)15-6-7-16-10-5-3-2-4-9(10)8-15/h2-5H,6-8,12H2,1H3,(H,13,14). The molecule has 0 spiro atoms. The molecule has 16 heavy (non-hydrogen) atoms. The molecule has 0 radical (unpaired) electrons. The summed E-state index contributed by atoms with van der Waals surface area (Å²) in [5.41, 5.74) is 3.75. The largest absolute Gasteiger partial charge is 0.491 e. The van der Waals surface area contributed by atoms with Crippen molar-refractivity contribution in [1.82, 2.24) is 10.3 Å². The molecule has 1 aliphatic heterocycles. The minimum Gasteiger partial charge on any atom is -0.491 e. The second-order valence-corrected chi connectivity index (χ2v) is 3.57. The van der Waals surface area contributed by atoms with Crippen LogP contribution in [-0.2, 0) is 6.54 Å². The third-order valence-corrected chi connectivity index (χ3v) is 2.59. The lowest BCUT2D eigenvalue weighted by atomic mass is 10.2. The zero-order valence-corrected chi connectivity index (χ0v) is 9.31. The molecule has 0 atom stereocenters. The molecule has 3 N–H and O–H groups in total. The predicted molar refractivity (Wildman–Crippen MR) is 63.0 cm³/mol. The van der Waals surface area contributed by atoms with E-state index in [4.69, 9.17) is 10.6 Å². The van der Waals surface area contributed by atoms with Crippen LogP contribution in [0, 0.1) is 0 Å². The van der Waals surface area contributed by atoms with Crippen LogP contribution in [-0.4, -0.2) is 31.1 Å². The normalized spacial score (nSPS) is 16.1. The van der Waals surface area contributed by atoms with E-state index in [1.165, 1.54) is 0 Å². The van der Waals surface area contributed by atoms with E-state index in [-0.39, 0.29) is 0 Å². The van der Waals surface area contributed by atoms with E-state index in [2.05, 4.69) is 21.4 Å². The monoisotopic (exact) mass is 220 g/mol. The average Bonchev–Trinajstić information content (AvgIpc) is 2.53. The van der Waals surface area contributed by atoms with Crippen LogP contribution >= 0.6 is 0 Å². The highest BCUT2D eigenvalue weighted by Crippen LogP contribution is 2.22. The van der Waals surface area contributed by atoms with E-state index in [1.807, 2.05) is 18.2 Å². The van der Waals surface area contributed by atoms with E-state index in [1.54, 1.807) is 7.05 Å². The molecule has 1 heterocycles. The maximum Gasteiger partial charge on any atom is 0.208 e. The zero-order valence-electron chi connectivity index (χ0n) is 9.31. The molecule has 0 saturated heterocycles. The Labute approximate surface area is 94.9 Å². The van der Waals surface area contributed by atoms with Crippen molar-refractivity contribution < 1.29 is 4.74 Å². The average molecular weight is 220 g/mol. The molecule has 0 aromatic heterocycles. The van der Waals surface area contributed by atoms with Crippen LogP contribution in [0.1, 0.15) is 5.56 Å². The second-order valence-electron chi connectivity index (χ2n) is 3.57. The number of rotatable bonds is 0. The van der Waals surface area contributed by atoms with Crippen LogP contribution in [0.25, 0.3) is 0 Å². The fourth-order valence-electron chi connectivity index (χ4n) is 1.80. The maximum absolute atomic E-state index is 5.65. The quantitative estimate of drug-likeness (QED) is 0.286. The summed E-state index contributed by atoms with van der Waals surface area (Å²) >= 11 is 0. The Balaban J connectivity index is 2.22. The Bertz CT molecular complexity index is 391. The zero-order chi connectivity index (χ0) is 11.4. The van der Waals surface area contributed by atoms with Crippen molar-refractivity contribution in [3.05, 3.63) is 29.8 Å². The molecule has 2 rings (SSSR count). The van der Waals surface area contributed by atoms with Crippen molar-refractivity contribution in [2.24, 2.45) is 10.8 Å². The highest BCUT2D eigenvalue weighted by molar-refractivity contribution is 5.79. The molecule has 1 aromatic rings. The molecule has 5 nitrogen and oxygen atoms in total. The highest BCUT2D eigenvalue weighted by atomic mass is 16.5. The number of hydrazine groups is 1. The summed E-state index contributed by atoms with van der Waals surface area (Å²) in [5, 5.41) is 0. The minimum absolute atomic E-state index is 0.637. The van der Waals surface area contributed by atoms with Gasteiger partial charge >= 0.3 is 0 Å². The van der Waals surface area contributed by atoms with Gasteiger partial charge in [0.2, 0.25) is 5.96 Å². The molecule has 0 saturated carbocycles. The van der Waals surface area contributed by atoms with Gasteiger partial charge in [-0.1, -0.05) is 18.2 Å². The number of nitrogens with two attached hydrogens (primary N) is 1. The van der Waals surface area contributed by atoms with E-state index >= 15 is 0 Å². The summed E-state index contributed by atoms with van der Waals surface area (Å²) < 4.78 is 5.65. The van der Waals surface area contributed by atoms with Gasteiger partial charge in [0.1, 0.15) is 12.4 Å². The van der Waals surface area contributed by atoms with Crippen LogP contribution in [0.15, 0.2) is 29.3 Å². The van der Waals surface area contributed by atoms with Crippen molar-refractivity contribution in [3.8, 4) is 5.75 Å². The predicted octanol–water partition coefficient (Wildman–Crippen LogP) is 0.330. The molecule has 1 aromatic carbocycles. The van der Waals surface area contributed by atoms with Crippen LogP contribution in [0.3, 0.4) is 0 Å². The number of benzene rings is 1. The first-order valence-electron chi connectivity index (χ1n) is 5.24. The summed E-state index contributed by atoms with van der Waals surface area (Å²) in [6.45, 7) is 2.16. The summed E-state index contributed by atoms with van der Waals surface area (Å²) in [6, 6.07) is 8.02. The number of ether oxygens (including phenoxy) is 1. The summed E-state index contributed by atoms with van der Waals surface area (Å²) in [6.07, 6.45) is 0. The SMILES string of the molecule is CN=C(NN)N1CCOc2ccccc2C1. The van der Waals surface area contributed by atoms with Gasteiger partial charge in [0, 0.05) is 19.2 Å². The van der Waals surface area contributed by atoms with Crippen LogP contribution in [0.2, 0.25) is 0 Å². The van der Waals surface area contributed by atoms with Crippen molar-refractivity contribution in [1.29, 1.82) is 0 Å². The van der Waals surface area contributed by atoms with E-state index in [0.717, 1.165) is 24.4 Å². The minimum atomic E-state index is 0.637. The Morgan fingerprint density at radius 3 is 3.06 bits per heavy atom. The van der Waals surface area contributed by atoms with E-state index < -0.39 is 0 Å². The lowest BCUT2D eigenvalue weighted by molar-refractivity contribution is 0.286. The van der Waals surface area contributed by atoms with Crippen molar-refractivity contribution in [2.75, 3.05) is 20.2 Å². The lowest BCUT2D eigenvalue weighted by Crippen LogP contribution is -2.45. The van der Waals surface area contributed by atoms with E-state index in [0.29, 0.717) is 12.6 Å². The van der Waals surface area contributed by atoms with Crippen LogP contribution < -0.4 is 16.0 Å². The third kappa shape index (κ3) is 2.09. The molecular weight excluding hydrogens is 204 g/mol. The molecule has 0 aliphatic carbocycles. The Kier molecular flexibility index (Phi) is 3.26. The first-order valence-corrected chi connectivity index (χ1v) is 5.24. The number of hydrogen-bond donors (Lipinski definition) is 2. The van der Waals surface area contributed by atoms with E-state index in [9.17, 15) is 0 Å². The summed E-state index contributed by atoms with van der Waals surface area (Å²) in [5.74, 6) is 7.04. The number of guanidine groups is 1. The highest BCUT2D eigenvalue weighted by Gasteiger charge is 2.16. The first-order chi connectivity index (χ1) is 7.85. The van der Waals surface area contributed by atoms with Gasteiger partial charge in [0.15, 0.2) is 0 Å². The Morgan fingerprint density at radius 1 is 1.50 bits per heavy atom. The number of nitrogens with one attached hydrogen (secondary N) is 1. The molecule has 0 fully saturated rings. The van der Waals surface area contributed by atoms with Crippen LogP contribution in [0.5, 0.6) is 5.75 Å². The third-order valence-electron chi connectivity index (χ3n) is 2.59. The van der Waals surface area contributed by atoms with Gasteiger partial charge in [-0.3, -0.25) is 10.4 Å². The van der Waals surface area contributed by atoms with Gasteiger partial charge in [-0.05, 0) is 6.07 Å². The van der Waals surface area contributed by atoms with Gasteiger partial charge in [-0.25, -0.2) is 5.84 Å². The smallest absolute Gasteiger partial charge is 0.208 e. The number of nitrogens with zero attached hydrogens (tertiary/aromatic N) is 2. The van der Waals surface area contributed by atoms with Crippen molar-refractivity contribution in [3.63, 3.8) is 0 Å². The van der Waals surface area contributed by atoms with Crippen molar-refractivity contribution in [2.45, 2.75) is 6.54 Å². The second kappa shape index (κ2) is 4.85. The molecule has 0 unspecified atom stereocenters. The van der Waals surface area contributed by atoms with Gasteiger partial charge in [-0.15, -0.1) is 0 Å². The van der Waals surface area contributed by atoms with Crippen molar-refractivity contribution >= 4 is 5.96 Å². The van der Waals surface area contributed by atoms with Gasteiger partial charge in [0.25, 0.3) is 0 Å². The Hall–Kier alpha value is -1.75. The summed E-state index contributed by atoms with van der Waals surface area (Å²) in [7, 11) is 1.72. The van der Waals surface area contributed by atoms with Crippen LogP contribution in [0.4, 0.5) is 0 Å². The fraction of sp³-hybridized carbons (Fsp3) is 0.364. The maximum atomic E-state index is 5.65. The molecular formula is C11H16N4O. The Morgan fingerprint density at radius 2 is 2.31 bits per heavy atom. The fourth-order valence-corrected chi connectivity index (χ4v) is 1.80. The molecule has 1 aliphatic rings. The number of fused-ring (bicyclic) bond motifs is 1. The molecule has 5 heteroatoms. The molecule has 86 valence electrons. The number of para-hydroxylation sites is 1. The van der Waals surface area contributed by atoms with Gasteiger partial charge in [-0.2, -0.15) is 0 Å². The molecule has 0 amide bonds. The van der Waals surface area contributed by atoms with Gasteiger partial charge < -0.3 is 9.64 Å². The van der Waals surface area contributed by atoms with Gasteiger partial charge in [0.05, 0.1) is 6.54 Å². The first kappa shape index (κ1) is 10.8. The number of hydrogen-bond acceptors (Lipinski definition) is 3.